The molecule has 0 bridgehead atoms. The molecule has 0 heterocycles. The van der Waals surface area contributed by atoms with Crippen LogP contribution in [-0.4, -0.2) is 56.5 Å². The van der Waals surface area contributed by atoms with E-state index in [0.29, 0.717) is 19.0 Å². The van der Waals surface area contributed by atoms with Crippen LogP contribution in [0.25, 0.3) is 0 Å². The molecule has 1 atom stereocenters. The largest absolute Gasteiger partial charge is 0.444 e. The predicted molar refractivity (Wildman–Crippen MR) is 98.4 cm³/mol. The zero-order valence-electron chi connectivity index (χ0n) is 16.7. The summed E-state index contributed by atoms with van der Waals surface area (Å²) in [5.74, 6) is 0.912. The topological polar surface area (TPSA) is 84.0 Å². The van der Waals surface area contributed by atoms with Gasteiger partial charge in [-0.25, -0.2) is 4.79 Å². The smallest absolute Gasteiger partial charge is 0.407 e. The number of aliphatic imine (C=N–C) groups is 1. The first-order valence-corrected chi connectivity index (χ1v) is 8.39. The van der Waals surface area contributed by atoms with Gasteiger partial charge in [-0.15, -0.1) is 0 Å². The lowest BCUT2D eigenvalue weighted by Gasteiger charge is -2.27. The summed E-state index contributed by atoms with van der Waals surface area (Å²) in [6.45, 7) is 14.8. The van der Waals surface area contributed by atoms with E-state index in [1.807, 2.05) is 48.5 Å². The van der Waals surface area contributed by atoms with Crippen molar-refractivity contribution in [3.63, 3.8) is 0 Å². The van der Waals surface area contributed by atoms with Crippen molar-refractivity contribution in [3.05, 3.63) is 0 Å². The van der Waals surface area contributed by atoms with Gasteiger partial charge in [0.15, 0.2) is 5.96 Å². The highest BCUT2D eigenvalue weighted by atomic mass is 16.6. The van der Waals surface area contributed by atoms with Crippen LogP contribution in [0.2, 0.25) is 0 Å². The van der Waals surface area contributed by atoms with E-state index in [1.165, 1.54) is 0 Å². The Labute approximate surface area is 147 Å². The molecule has 7 heteroatoms. The second kappa shape index (κ2) is 9.71. The van der Waals surface area contributed by atoms with E-state index in [9.17, 15) is 4.79 Å². The Morgan fingerprint density at radius 1 is 1.12 bits per heavy atom. The number of alkyl carbamates (subject to hydrolysis) is 1. The standard InChI is InChI=1S/C17H36N4O3/c1-12(2)13(21-15(22)24-16(3,4)5)10-19-14(18-8)20-11-17(6,7)23-9/h12-13H,10-11H2,1-9H3,(H,21,22)(H2,18,19,20). The number of nitrogens with zero attached hydrogens (tertiary/aromatic N) is 1. The molecule has 0 spiro atoms. The van der Waals surface area contributed by atoms with Gasteiger partial charge in [-0.2, -0.15) is 0 Å². The van der Waals surface area contributed by atoms with E-state index < -0.39 is 11.7 Å². The van der Waals surface area contributed by atoms with Crippen LogP contribution in [0.3, 0.4) is 0 Å². The van der Waals surface area contributed by atoms with Crippen molar-refractivity contribution in [3.8, 4) is 0 Å². The SMILES string of the molecule is CN=C(NCC(NC(=O)OC(C)(C)C)C(C)C)NCC(C)(C)OC. The van der Waals surface area contributed by atoms with E-state index >= 15 is 0 Å². The van der Waals surface area contributed by atoms with Crippen LogP contribution < -0.4 is 16.0 Å². The van der Waals surface area contributed by atoms with E-state index in [4.69, 9.17) is 9.47 Å². The molecule has 0 saturated heterocycles. The summed E-state index contributed by atoms with van der Waals surface area (Å²) in [4.78, 5) is 16.2. The molecule has 0 fully saturated rings. The molecule has 142 valence electrons. The Kier molecular flexibility index (Phi) is 9.11. The minimum atomic E-state index is -0.512. The molecule has 0 aromatic rings. The highest BCUT2D eigenvalue weighted by Gasteiger charge is 2.22. The van der Waals surface area contributed by atoms with Crippen LogP contribution in [0, 0.1) is 5.92 Å². The number of amides is 1. The van der Waals surface area contributed by atoms with Gasteiger partial charge in [0.05, 0.1) is 11.6 Å². The molecule has 0 rings (SSSR count). The van der Waals surface area contributed by atoms with Gasteiger partial charge < -0.3 is 25.4 Å². The van der Waals surface area contributed by atoms with Crippen LogP contribution in [0.15, 0.2) is 4.99 Å². The summed E-state index contributed by atoms with van der Waals surface area (Å²) in [5, 5.41) is 9.35. The van der Waals surface area contributed by atoms with Crippen molar-refractivity contribution >= 4 is 12.1 Å². The van der Waals surface area contributed by atoms with Gasteiger partial charge in [-0.1, -0.05) is 13.8 Å². The van der Waals surface area contributed by atoms with Crippen molar-refractivity contribution < 1.29 is 14.3 Å². The fourth-order valence-electron chi connectivity index (χ4n) is 1.71. The third-order valence-corrected chi connectivity index (χ3v) is 3.45. The van der Waals surface area contributed by atoms with Crippen molar-refractivity contribution in [2.24, 2.45) is 10.9 Å². The predicted octanol–water partition coefficient (Wildman–Crippen LogP) is 2.13. The summed E-state index contributed by atoms with van der Waals surface area (Å²) in [5.41, 5.74) is -0.799. The van der Waals surface area contributed by atoms with Gasteiger partial charge >= 0.3 is 6.09 Å². The number of ether oxygens (including phenoxy) is 2. The summed E-state index contributed by atoms with van der Waals surface area (Å²) in [7, 11) is 3.39. The summed E-state index contributed by atoms with van der Waals surface area (Å²) in [6, 6.07) is -0.0752. The van der Waals surface area contributed by atoms with Gasteiger partial charge in [-0.05, 0) is 40.5 Å². The number of guanidine groups is 1. The number of hydrogen-bond donors (Lipinski definition) is 3. The Morgan fingerprint density at radius 2 is 1.71 bits per heavy atom. The number of methoxy groups -OCH3 is 1. The maximum atomic E-state index is 12.0. The lowest BCUT2D eigenvalue weighted by Crippen LogP contribution is -2.51. The number of rotatable bonds is 7. The van der Waals surface area contributed by atoms with Crippen LogP contribution in [0.5, 0.6) is 0 Å². The average molecular weight is 345 g/mol. The molecule has 0 aromatic carbocycles. The van der Waals surface area contributed by atoms with Crippen LogP contribution in [0.4, 0.5) is 4.79 Å². The normalized spacial score (nSPS) is 14.3. The molecule has 0 aliphatic carbocycles. The van der Waals surface area contributed by atoms with Crippen molar-refractivity contribution in [1.82, 2.24) is 16.0 Å². The number of nitrogens with one attached hydrogen (secondary N) is 3. The fourth-order valence-corrected chi connectivity index (χ4v) is 1.71. The average Bonchev–Trinajstić information content (AvgIpc) is 2.43. The van der Waals surface area contributed by atoms with Crippen LogP contribution in [-0.2, 0) is 9.47 Å². The number of hydrogen-bond acceptors (Lipinski definition) is 4. The Morgan fingerprint density at radius 3 is 2.12 bits per heavy atom. The maximum Gasteiger partial charge on any atom is 0.407 e. The van der Waals surface area contributed by atoms with Crippen LogP contribution >= 0.6 is 0 Å². The van der Waals surface area contributed by atoms with Gasteiger partial charge in [0, 0.05) is 27.2 Å². The van der Waals surface area contributed by atoms with Gasteiger partial charge in [0.1, 0.15) is 5.60 Å². The Balaban J connectivity index is 4.54. The molecule has 24 heavy (non-hydrogen) atoms. The quantitative estimate of drug-likeness (QED) is 0.487. The van der Waals surface area contributed by atoms with Gasteiger partial charge in [-0.3, -0.25) is 4.99 Å². The molecular weight excluding hydrogens is 308 g/mol. The molecule has 0 aliphatic heterocycles. The summed E-state index contributed by atoms with van der Waals surface area (Å²) in [6.07, 6.45) is -0.411. The molecule has 1 amide bonds. The zero-order chi connectivity index (χ0) is 19.0. The summed E-state index contributed by atoms with van der Waals surface area (Å²) >= 11 is 0. The molecule has 0 aromatic heterocycles. The summed E-state index contributed by atoms with van der Waals surface area (Å²) < 4.78 is 10.7. The van der Waals surface area contributed by atoms with Gasteiger partial charge in [0.2, 0.25) is 0 Å². The van der Waals surface area contributed by atoms with E-state index in [-0.39, 0.29) is 17.6 Å². The lowest BCUT2D eigenvalue weighted by molar-refractivity contribution is 0.0268. The molecule has 1 unspecified atom stereocenters. The molecule has 0 aliphatic rings. The molecule has 0 saturated carbocycles. The first-order chi connectivity index (χ1) is 10.9. The van der Waals surface area contributed by atoms with E-state index in [2.05, 4.69) is 20.9 Å². The molecule has 3 N–H and O–H groups in total. The third kappa shape index (κ3) is 10.3. The Bertz CT molecular complexity index is 415. The van der Waals surface area contributed by atoms with Crippen molar-refractivity contribution in [1.29, 1.82) is 0 Å². The highest BCUT2D eigenvalue weighted by Crippen LogP contribution is 2.08. The first-order valence-electron chi connectivity index (χ1n) is 8.39. The van der Waals surface area contributed by atoms with Crippen molar-refractivity contribution in [2.75, 3.05) is 27.2 Å². The second-order valence-electron chi connectivity index (χ2n) is 7.77. The molecule has 7 nitrogen and oxygen atoms in total. The third-order valence-electron chi connectivity index (χ3n) is 3.45. The minimum Gasteiger partial charge on any atom is -0.444 e. The maximum absolute atomic E-state index is 12.0. The van der Waals surface area contributed by atoms with E-state index in [1.54, 1.807) is 14.2 Å². The van der Waals surface area contributed by atoms with Crippen LogP contribution in [0.1, 0.15) is 48.5 Å². The number of carbonyl (C=O) groups excluding carboxylic acids is 1. The number of carbonyl (C=O) groups is 1. The molecule has 0 radical (unpaired) electrons. The minimum absolute atomic E-state index is 0.0752. The first kappa shape index (κ1) is 22.5. The second-order valence-corrected chi connectivity index (χ2v) is 7.77. The fraction of sp³-hybridized carbons (Fsp3) is 0.882. The van der Waals surface area contributed by atoms with E-state index in [0.717, 1.165) is 0 Å². The molecular formula is C17H36N4O3. The van der Waals surface area contributed by atoms with Crippen molar-refractivity contribution in [2.45, 2.75) is 65.7 Å². The van der Waals surface area contributed by atoms with Gasteiger partial charge in [0.25, 0.3) is 0 Å². The monoisotopic (exact) mass is 344 g/mol. The Hall–Kier alpha value is -1.50. The highest BCUT2D eigenvalue weighted by molar-refractivity contribution is 5.79. The zero-order valence-corrected chi connectivity index (χ0v) is 16.7. The lowest BCUT2D eigenvalue weighted by atomic mass is 10.0.